The molecule has 2 heterocycles. The van der Waals surface area contributed by atoms with Gasteiger partial charge in [0.2, 0.25) is 0 Å². The maximum atomic E-state index is 6.29. The van der Waals surface area contributed by atoms with Crippen LogP contribution >= 0.6 is 0 Å². The quantitative estimate of drug-likeness (QED) is 0.168. The molecule has 3 nitrogen and oxygen atoms in total. The molecule has 6 aromatic rings. The van der Waals surface area contributed by atoms with Gasteiger partial charge in [-0.25, -0.2) is 0 Å². The van der Waals surface area contributed by atoms with E-state index in [4.69, 9.17) is 14.3 Å². The standard InChI is InChI=1S/C37H32BNO2/c1-36(2)37(3,4)41-38(40-36)28-20-22-33(39-24-28)35-30-18-12-11-17-29(30)34(26-15-9-6-10-16-26)32-23-27(19-21-31(32)35)25-13-7-5-8-14-25/h5-24H,1-4H3. The number of pyridine rings is 1. The smallest absolute Gasteiger partial charge is 0.399 e. The number of benzene rings is 5. The van der Waals surface area contributed by atoms with Crippen LogP contribution in [-0.4, -0.2) is 23.3 Å². The lowest BCUT2D eigenvalue weighted by Gasteiger charge is -2.32. The van der Waals surface area contributed by atoms with Gasteiger partial charge in [-0.15, -0.1) is 0 Å². The van der Waals surface area contributed by atoms with Gasteiger partial charge in [0.05, 0.1) is 16.9 Å². The molecule has 0 amide bonds. The molecule has 0 spiro atoms. The summed E-state index contributed by atoms with van der Waals surface area (Å²) in [6.45, 7) is 8.30. The minimum Gasteiger partial charge on any atom is -0.399 e. The second-order valence-electron chi connectivity index (χ2n) is 11.9. The normalized spacial score (nSPS) is 16.0. The zero-order chi connectivity index (χ0) is 28.2. The SMILES string of the molecule is CC1(C)OB(c2ccc(-c3c4ccccc4c(-c4ccccc4)c4cc(-c5ccccc5)ccc34)nc2)OC1(C)C. The van der Waals surface area contributed by atoms with Crippen LogP contribution in [0.3, 0.4) is 0 Å². The summed E-state index contributed by atoms with van der Waals surface area (Å²) in [4.78, 5) is 5.01. The highest BCUT2D eigenvalue weighted by atomic mass is 16.7. The Morgan fingerprint density at radius 3 is 1.68 bits per heavy atom. The topological polar surface area (TPSA) is 31.4 Å². The van der Waals surface area contributed by atoms with Crippen LogP contribution in [0.15, 0.2) is 121 Å². The summed E-state index contributed by atoms with van der Waals surface area (Å²) in [5, 5.41) is 4.78. The number of fused-ring (bicyclic) bond motifs is 2. The van der Waals surface area contributed by atoms with Crippen molar-refractivity contribution in [2.75, 3.05) is 0 Å². The van der Waals surface area contributed by atoms with Crippen LogP contribution in [-0.2, 0) is 9.31 Å². The number of nitrogens with zero attached hydrogens (tertiary/aromatic N) is 1. The third-order valence-electron chi connectivity index (χ3n) is 8.76. The van der Waals surface area contributed by atoms with E-state index in [1.807, 2.05) is 6.20 Å². The molecule has 41 heavy (non-hydrogen) atoms. The fourth-order valence-electron chi connectivity index (χ4n) is 5.85. The number of hydrogen-bond acceptors (Lipinski definition) is 3. The van der Waals surface area contributed by atoms with Crippen LogP contribution in [0.2, 0.25) is 0 Å². The van der Waals surface area contributed by atoms with E-state index in [-0.39, 0.29) is 0 Å². The van der Waals surface area contributed by atoms with E-state index in [1.165, 1.54) is 43.8 Å². The monoisotopic (exact) mass is 533 g/mol. The lowest BCUT2D eigenvalue weighted by molar-refractivity contribution is 0.00578. The Labute approximate surface area is 241 Å². The van der Waals surface area contributed by atoms with E-state index in [1.54, 1.807) is 0 Å². The van der Waals surface area contributed by atoms with Gasteiger partial charge < -0.3 is 9.31 Å². The molecule has 7 rings (SSSR count). The zero-order valence-corrected chi connectivity index (χ0v) is 23.9. The molecule has 0 radical (unpaired) electrons. The molecule has 5 aromatic carbocycles. The minimum atomic E-state index is -0.441. The van der Waals surface area contributed by atoms with Gasteiger partial charge in [0.25, 0.3) is 0 Å². The second-order valence-corrected chi connectivity index (χ2v) is 11.9. The van der Waals surface area contributed by atoms with Gasteiger partial charge in [-0.2, -0.15) is 0 Å². The summed E-state index contributed by atoms with van der Waals surface area (Å²) in [5.41, 5.74) is 7.04. The lowest BCUT2D eigenvalue weighted by atomic mass is 9.80. The number of hydrogen-bond donors (Lipinski definition) is 0. The molecule has 1 fully saturated rings. The fraction of sp³-hybridized carbons (Fsp3) is 0.162. The molecule has 0 atom stereocenters. The van der Waals surface area contributed by atoms with Crippen molar-refractivity contribution in [3.63, 3.8) is 0 Å². The van der Waals surface area contributed by atoms with Gasteiger partial charge in [0.15, 0.2) is 0 Å². The molecule has 1 saturated heterocycles. The van der Waals surface area contributed by atoms with Crippen LogP contribution in [0.5, 0.6) is 0 Å². The molecule has 0 N–H and O–H groups in total. The Bertz CT molecular complexity index is 1860. The number of rotatable bonds is 4. The molecule has 200 valence electrons. The van der Waals surface area contributed by atoms with Crippen LogP contribution < -0.4 is 5.46 Å². The maximum absolute atomic E-state index is 6.29. The van der Waals surface area contributed by atoms with E-state index in [9.17, 15) is 0 Å². The van der Waals surface area contributed by atoms with Crippen molar-refractivity contribution in [1.29, 1.82) is 0 Å². The highest BCUT2D eigenvalue weighted by Gasteiger charge is 2.51. The average molecular weight is 533 g/mol. The first-order chi connectivity index (χ1) is 19.8. The Balaban J connectivity index is 1.45. The van der Waals surface area contributed by atoms with Gasteiger partial charge >= 0.3 is 7.12 Å². The van der Waals surface area contributed by atoms with Crippen LogP contribution in [0.1, 0.15) is 27.7 Å². The van der Waals surface area contributed by atoms with Gasteiger partial charge in [-0.3, -0.25) is 4.98 Å². The molecule has 0 bridgehead atoms. The van der Waals surface area contributed by atoms with Crippen molar-refractivity contribution in [3.8, 4) is 33.5 Å². The van der Waals surface area contributed by atoms with Crippen LogP contribution in [0, 0.1) is 0 Å². The van der Waals surface area contributed by atoms with Gasteiger partial charge in [-0.05, 0) is 83.6 Å². The summed E-state index contributed by atoms with van der Waals surface area (Å²) in [5.74, 6) is 0. The molecular weight excluding hydrogens is 501 g/mol. The number of aromatic nitrogens is 1. The second kappa shape index (κ2) is 9.69. The molecule has 0 saturated carbocycles. The molecule has 0 aliphatic carbocycles. The van der Waals surface area contributed by atoms with E-state index in [0.29, 0.717) is 0 Å². The highest BCUT2D eigenvalue weighted by molar-refractivity contribution is 6.62. The van der Waals surface area contributed by atoms with Crippen LogP contribution in [0.25, 0.3) is 55.1 Å². The first-order valence-corrected chi connectivity index (χ1v) is 14.2. The first kappa shape index (κ1) is 25.7. The van der Waals surface area contributed by atoms with Crippen LogP contribution in [0.4, 0.5) is 0 Å². The van der Waals surface area contributed by atoms with Crippen molar-refractivity contribution in [1.82, 2.24) is 4.98 Å². The Kier molecular flexibility index (Phi) is 6.08. The fourth-order valence-corrected chi connectivity index (χ4v) is 5.85. The summed E-state index contributed by atoms with van der Waals surface area (Å²) in [6, 6.07) is 41.0. The average Bonchev–Trinajstić information content (AvgIpc) is 3.22. The first-order valence-electron chi connectivity index (χ1n) is 14.2. The molecule has 1 aliphatic heterocycles. The van der Waals surface area contributed by atoms with Crippen molar-refractivity contribution in [2.24, 2.45) is 0 Å². The van der Waals surface area contributed by atoms with E-state index >= 15 is 0 Å². The third kappa shape index (κ3) is 4.35. The Hall–Kier alpha value is -4.25. The molecule has 4 heteroatoms. The van der Waals surface area contributed by atoms with Crippen molar-refractivity contribution >= 4 is 34.1 Å². The Morgan fingerprint density at radius 1 is 0.512 bits per heavy atom. The largest absolute Gasteiger partial charge is 0.496 e. The molecule has 1 aliphatic rings. The maximum Gasteiger partial charge on any atom is 0.496 e. The van der Waals surface area contributed by atoms with E-state index in [2.05, 4.69) is 143 Å². The van der Waals surface area contributed by atoms with Gasteiger partial charge in [-0.1, -0.05) is 103 Å². The molecule has 0 unspecified atom stereocenters. The summed E-state index contributed by atoms with van der Waals surface area (Å²) < 4.78 is 12.6. The lowest BCUT2D eigenvalue weighted by Crippen LogP contribution is -2.41. The minimum absolute atomic E-state index is 0.396. The summed E-state index contributed by atoms with van der Waals surface area (Å²) in [7, 11) is -0.441. The van der Waals surface area contributed by atoms with E-state index < -0.39 is 18.3 Å². The predicted molar refractivity (Wildman–Crippen MR) is 171 cm³/mol. The van der Waals surface area contributed by atoms with Gasteiger partial charge in [0, 0.05) is 17.2 Å². The highest BCUT2D eigenvalue weighted by Crippen LogP contribution is 2.44. The predicted octanol–water partition coefficient (Wildman–Crippen LogP) is 8.69. The van der Waals surface area contributed by atoms with Crippen molar-refractivity contribution in [2.45, 2.75) is 38.9 Å². The molecule has 1 aromatic heterocycles. The summed E-state index contributed by atoms with van der Waals surface area (Å²) >= 11 is 0. The third-order valence-corrected chi connectivity index (χ3v) is 8.76. The zero-order valence-electron chi connectivity index (χ0n) is 23.9. The Morgan fingerprint density at radius 2 is 1.07 bits per heavy atom. The van der Waals surface area contributed by atoms with E-state index in [0.717, 1.165) is 16.7 Å². The summed E-state index contributed by atoms with van der Waals surface area (Å²) in [6.07, 6.45) is 1.90. The van der Waals surface area contributed by atoms with Crippen molar-refractivity contribution in [3.05, 3.63) is 121 Å². The molecular formula is C37H32BNO2. The van der Waals surface area contributed by atoms with Crippen molar-refractivity contribution < 1.29 is 9.31 Å². The van der Waals surface area contributed by atoms with Gasteiger partial charge in [0.1, 0.15) is 0 Å².